The van der Waals surface area contributed by atoms with Crippen LogP contribution in [0.5, 0.6) is 5.75 Å². The predicted molar refractivity (Wildman–Crippen MR) is 250 cm³/mol. The number of methoxy groups -OCH3 is 1. The molecule has 352 valence electrons. The maximum Gasteiger partial charge on any atom is 0.264 e. The first-order valence-electron chi connectivity index (χ1n) is 21.8. The molecular formula is C45H55ClN10O9S. The first-order valence-corrected chi connectivity index (χ1v) is 23.8. The molecule has 4 aromatic rings. The minimum absolute atomic E-state index is 0.118. The van der Waals surface area contributed by atoms with Crippen LogP contribution in [0.3, 0.4) is 0 Å². The van der Waals surface area contributed by atoms with Gasteiger partial charge in [0.05, 0.1) is 78.9 Å². The van der Waals surface area contributed by atoms with Crippen molar-refractivity contribution in [2.45, 2.75) is 42.9 Å². The Kier molecular flexibility index (Phi) is 15.9. The van der Waals surface area contributed by atoms with E-state index in [1.54, 1.807) is 63.4 Å². The molecule has 0 aliphatic carbocycles. The third-order valence-corrected chi connectivity index (χ3v) is 13.9. The number of nitrogens with one attached hydrogen (secondary N) is 5. The fourth-order valence-electron chi connectivity index (χ4n) is 7.80. The second-order valence-electron chi connectivity index (χ2n) is 16.0. The zero-order valence-corrected chi connectivity index (χ0v) is 38.7. The average molecular weight is 948 g/mol. The summed E-state index contributed by atoms with van der Waals surface area (Å²) < 4.78 is 43.2. The van der Waals surface area contributed by atoms with Crippen molar-refractivity contribution < 1.29 is 41.8 Å². The minimum Gasteiger partial charge on any atom is -0.494 e. The molecule has 1 aromatic heterocycles. The summed E-state index contributed by atoms with van der Waals surface area (Å²) >= 11 is 6.44. The number of sulfone groups is 1. The molecule has 3 aliphatic rings. The summed E-state index contributed by atoms with van der Waals surface area (Å²) in [6, 6.07) is 16.5. The van der Waals surface area contributed by atoms with Crippen molar-refractivity contribution in [3.63, 3.8) is 0 Å². The van der Waals surface area contributed by atoms with Crippen molar-refractivity contribution >= 4 is 79.6 Å². The average Bonchev–Trinajstić information content (AvgIpc) is 3.57. The molecule has 3 aliphatic heterocycles. The van der Waals surface area contributed by atoms with Gasteiger partial charge in [0, 0.05) is 63.3 Å². The van der Waals surface area contributed by atoms with Crippen LogP contribution < -0.4 is 36.2 Å². The molecule has 1 unspecified atom stereocenters. The SMILES string of the molecule is COc1cc(N2CCN(CCOCCOCCNC(=O)CNc3cccc4c3C(=O)N(C3CCCNC3=O)C4=O)CC2)ccc1Nc1ncc(Cl)c(Nc2ccccc2S(=O)(=O)C(C)C)n1. The maximum atomic E-state index is 13.3. The maximum absolute atomic E-state index is 13.3. The van der Waals surface area contributed by atoms with E-state index in [1.165, 1.54) is 6.20 Å². The third kappa shape index (κ3) is 11.3. The number of imide groups is 1. The number of carbonyl (C=O) groups excluding carboxylic acids is 4. The smallest absolute Gasteiger partial charge is 0.264 e. The Balaban J connectivity index is 0.775. The molecule has 19 nitrogen and oxygen atoms in total. The Morgan fingerprint density at radius 2 is 1.67 bits per heavy atom. The van der Waals surface area contributed by atoms with Crippen LogP contribution in [0.2, 0.25) is 5.02 Å². The van der Waals surface area contributed by atoms with Gasteiger partial charge in [0.25, 0.3) is 11.8 Å². The number of rotatable bonds is 21. The monoisotopic (exact) mass is 946 g/mol. The van der Waals surface area contributed by atoms with E-state index in [0.717, 1.165) is 43.3 Å². The zero-order valence-electron chi connectivity index (χ0n) is 37.1. The quantitative estimate of drug-likeness (QED) is 0.0587. The summed E-state index contributed by atoms with van der Waals surface area (Å²) in [5.74, 6) is -0.629. The van der Waals surface area contributed by atoms with Crippen molar-refractivity contribution in [1.29, 1.82) is 0 Å². The van der Waals surface area contributed by atoms with Gasteiger partial charge in [-0.15, -0.1) is 0 Å². The first kappa shape index (κ1) is 47.9. The normalized spacial score (nSPS) is 16.6. The number of ether oxygens (including phenoxy) is 3. The highest BCUT2D eigenvalue weighted by molar-refractivity contribution is 7.92. The van der Waals surface area contributed by atoms with E-state index in [4.69, 9.17) is 25.8 Å². The molecular weight excluding hydrogens is 892 g/mol. The van der Waals surface area contributed by atoms with Crippen molar-refractivity contribution in [3.05, 3.63) is 83.0 Å². The van der Waals surface area contributed by atoms with Gasteiger partial charge >= 0.3 is 0 Å². The van der Waals surface area contributed by atoms with Crippen molar-refractivity contribution in [2.24, 2.45) is 0 Å². The lowest BCUT2D eigenvalue weighted by Gasteiger charge is -2.36. The number of carbonyl (C=O) groups is 4. The Morgan fingerprint density at radius 3 is 2.42 bits per heavy atom. The number of piperazine rings is 1. The Morgan fingerprint density at radius 1 is 0.909 bits per heavy atom. The number of anilines is 6. The van der Waals surface area contributed by atoms with Crippen molar-refractivity contribution in [3.8, 4) is 5.75 Å². The van der Waals surface area contributed by atoms with Crippen LogP contribution in [0.4, 0.5) is 34.5 Å². The van der Waals surface area contributed by atoms with Crippen LogP contribution in [0.15, 0.2) is 71.8 Å². The molecule has 7 rings (SSSR count). The zero-order chi connectivity index (χ0) is 46.8. The van der Waals surface area contributed by atoms with E-state index in [9.17, 15) is 27.6 Å². The van der Waals surface area contributed by atoms with E-state index >= 15 is 0 Å². The Bertz CT molecular complexity index is 2520. The molecule has 4 amide bonds. The summed E-state index contributed by atoms with van der Waals surface area (Å²) in [5, 5.41) is 14.3. The fourth-order valence-corrected chi connectivity index (χ4v) is 9.14. The summed E-state index contributed by atoms with van der Waals surface area (Å²) in [5.41, 5.74) is 2.74. The second-order valence-corrected chi connectivity index (χ2v) is 18.9. The van der Waals surface area contributed by atoms with Gasteiger partial charge in [-0.2, -0.15) is 4.98 Å². The molecule has 0 radical (unpaired) electrons. The van der Waals surface area contributed by atoms with Crippen molar-refractivity contribution in [2.75, 3.05) is 107 Å². The number of aromatic nitrogens is 2. The summed E-state index contributed by atoms with van der Waals surface area (Å²) in [4.78, 5) is 65.9. The molecule has 3 aromatic carbocycles. The number of piperidine rings is 1. The molecule has 66 heavy (non-hydrogen) atoms. The molecule has 4 heterocycles. The second kappa shape index (κ2) is 22.0. The van der Waals surface area contributed by atoms with Gasteiger partial charge in [-0.3, -0.25) is 29.0 Å². The largest absolute Gasteiger partial charge is 0.494 e. The van der Waals surface area contributed by atoms with Gasteiger partial charge < -0.3 is 45.7 Å². The summed E-state index contributed by atoms with van der Waals surface area (Å²) in [7, 11) is -1.98. The number of halogens is 1. The molecule has 1 atom stereocenters. The van der Waals surface area contributed by atoms with Gasteiger partial charge in [0.1, 0.15) is 16.8 Å². The highest BCUT2D eigenvalue weighted by atomic mass is 35.5. The van der Waals surface area contributed by atoms with Gasteiger partial charge in [-0.1, -0.05) is 29.8 Å². The fraction of sp³-hybridized carbons (Fsp3) is 0.422. The topological polar surface area (TPSA) is 226 Å². The van der Waals surface area contributed by atoms with Crippen LogP contribution in [0.25, 0.3) is 0 Å². The standard InChI is InChI=1S/C45H55ClN10O9S/c1-29(2)66(61,62)38-12-5-4-9-34(38)51-41-32(46)27-50-45(53-41)52-33-14-13-30(26-37(33)63-3)55-19-17-54(18-20-55)21-23-65-25-24-64-22-16-47-39(57)28-49-35-10-6-8-31-40(35)44(60)56(43(31)59)36-11-7-15-48-42(36)58/h4-6,8-10,12-14,26-27,29,36,49H,7,11,15-25,28H2,1-3H3,(H,47,57)(H,48,58)(H2,50,51,52,53). The van der Waals surface area contributed by atoms with E-state index in [-0.39, 0.29) is 57.7 Å². The molecule has 5 N–H and O–H groups in total. The van der Waals surface area contributed by atoms with Crippen LogP contribution in [0, 0.1) is 0 Å². The number of hydrogen-bond donors (Lipinski definition) is 5. The number of fused-ring (bicyclic) bond motifs is 1. The Hall–Kier alpha value is -6.06. The molecule has 0 saturated carbocycles. The van der Waals surface area contributed by atoms with Gasteiger partial charge in [0.15, 0.2) is 15.7 Å². The number of amides is 4. The molecule has 21 heteroatoms. The van der Waals surface area contributed by atoms with Crippen LogP contribution in [-0.4, -0.2) is 149 Å². The van der Waals surface area contributed by atoms with Crippen molar-refractivity contribution in [1.82, 2.24) is 30.4 Å². The highest BCUT2D eigenvalue weighted by Gasteiger charge is 2.44. The van der Waals surface area contributed by atoms with Gasteiger partial charge in [-0.05, 0) is 63.1 Å². The van der Waals surface area contributed by atoms with E-state index in [0.29, 0.717) is 68.6 Å². The van der Waals surface area contributed by atoms with Gasteiger partial charge in [0.2, 0.25) is 17.8 Å². The lowest BCUT2D eigenvalue weighted by molar-refractivity contribution is -0.126. The third-order valence-electron chi connectivity index (χ3n) is 11.4. The molecule has 2 saturated heterocycles. The minimum atomic E-state index is -3.57. The number of hydrogen-bond acceptors (Lipinski definition) is 16. The molecule has 0 bridgehead atoms. The van der Waals surface area contributed by atoms with E-state index in [2.05, 4.69) is 46.4 Å². The number of nitrogens with zero attached hydrogens (tertiary/aromatic N) is 5. The van der Waals surface area contributed by atoms with Gasteiger partial charge in [-0.25, -0.2) is 13.4 Å². The Labute approximate surface area is 388 Å². The van der Waals surface area contributed by atoms with E-state index < -0.39 is 32.9 Å². The molecule has 2 fully saturated rings. The molecule has 0 spiro atoms. The van der Waals surface area contributed by atoms with Crippen LogP contribution in [0.1, 0.15) is 47.4 Å². The highest BCUT2D eigenvalue weighted by Crippen LogP contribution is 2.35. The van der Waals surface area contributed by atoms with Crippen LogP contribution >= 0.6 is 11.6 Å². The predicted octanol–water partition coefficient (Wildman–Crippen LogP) is 4.07. The lowest BCUT2D eigenvalue weighted by Crippen LogP contribution is -2.52. The number of benzene rings is 3. The first-order chi connectivity index (χ1) is 31.8. The lowest BCUT2D eigenvalue weighted by atomic mass is 10.1. The van der Waals surface area contributed by atoms with E-state index in [1.807, 2.05) is 18.2 Å². The summed E-state index contributed by atoms with van der Waals surface area (Å²) in [6.45, 7) is 9.69. The summed E-state index contributed by atoms with van der Waals surface area (Å²) in [6.07, 6.45) is 2.52. The number of para-hydroxylation sites is 1. The van der Waals surface area contributed by atoms with Crippen LogP contribution in [-0.2, 0) is 28.9 Å².